The third kappa shape index (κ3) is 4.91. The largest absolute Gasteiger partial charge is 0.497 e. The highest BCUT2D eigenvalue weighted by atomic mass is 32.2. The van der Waals surface area contributed by atoms with Crippen LogP contribution < -0.4 is 4.74 Å². The summed E-state index contributed by atoms with van der Waals surface area (Å²) >= 11 is 0. The van der Waals surface area contributed by atoms with Crippen LogP contribution in [-0.4, -0.2) is 50.9 Å². The van der Waals surface area contributed by atoms with E-state index in [0.29, 0.717) is 31.8 Å². The zero-order valence-corrected chi connectivity index (χ0v) is 17.0. The van der Waals surface area contributed by atoms with Crippen molar-refractivity contribution in [3.8, 4) is 5.75 Å². The van der Waals surface area contributed by atoms with Gasteiger partial charge in [0.15, 0.2) is 0 Å². The van der Waals surface area contributed by atoms with Gasteiger partial charge in [-0.25, -0.2) is 8.42 Å². The monoisotopic (exact) mass is 428 g/mol. The van der Waals surface area contributed by atoms with Crippen molar-refractivity contribution in [2.24, 2.45) is 0 Å². The van der Waals surface area contributed by atoms with Gasteiger partial charge in [0, 0.05) is 32.7 Å². The number of nitrogens with zero attached hydrogens (tertiary/aromatic N) is 2. The topological polar surface area (TPSA) is 49.9 Å². The molecular formula is C20H23F3N2O3S. The van der Waals surface area contributed by atoms with Crippen molar-refractivity contribution >= 4 is 10.0 Å². The quantitative estimate of drug-likeness (QED) is 0.706. The minimum atomic E-state index is -4.35. The molecule has 0 amide bonds. The molecule has 0 N–H and O–H groups in total. The van der Waals surface area contributed by atoms with Crippen molar-refractivity contribution < 1.29 is 26.3 Å². The normalized spacial score (nSPS) is 18.3. The maximum Gasteiger partial charge on any atom is 0.416 e. The van der Waals surface area contributed by atoms with Crippen LogP contribution in [0.15, 0.2) is 53.4 Å². The Morgan fingerprint density at radius 3 is 2.28 bits per heavy atom. The summed E-state index contributed by atoms with van der Waals surface area (Å²) in [7, 11) is -0.565. The van der Waals surface area contributed by atoms with Gasteiger partial charge >= 0.3 is 6.18 Å². The molecule has 158 valence electrons. The number of likely N-dealkylation sites (N-methyl/N-ethyl adjacent to an activating group) is 1. The van der Waals surface area contributed by atoms with E-state index in [9.17, 15) is 21.6 Å². The second-order valence-electron chi connectivity index (χ2n) is 7.07. The maximum absolute atomic E-state index is 12.9. The number of halogens is 3. The predicted octanol–water partition coefficient (Wildman–Crippen LogP) is 3.61. The van der Waals surface area contributed by atoms with Crippen LogP contribution in [0.2, 0.25) is 0 Å². The fourth-order valence-electron chi connectivity index (χ4n) is 3.42. The van der Waals surface area contributed by atoms with Gasteiger partial charge in [-0.3, -0.25) is 4.90 Å². The first-order valence-corrected chi connectivity index (χ1v) is 10.6. The Morgan fingerprint density at radius 2 is 1.72 bits per heavy atom. The number of rotatable bonds is 6. The Morgan fingerprint density at radius 1 is 1.10 bits per heavy atom. The van der Waals surface area contributed by atoms with Gasteiger partial charge in [0.2, 0.25) is 10.0 Å². The predicted molar refractivity (Wildman–Crippen MR) is 103 cm³/mol. The summed E-state index contributed by atoms with van der Waals surface area (Å²) in [5.41, 5.74) is 0.0881. The molecule has 0 aliphatic carbocycles. The molecule has 1 atom stereocenters. The van der Waals surface area contributed by atoms with Gasteiger partial charge in [-0.05, 0) is 48.4 Å². The van der Waals surface area contributed by atoms with Crippen LogP contribution in [0.3, 0.4) is 0 Å². The number of alkyl halides is 3. The lowest BCUT2D eigenvalue weighted by atomic mass is 10.1. The lowest BCUT2D eigenvalue weighted by Gasteiger charge is -2.24. The van der Waals surface area contributed by atoms with Crippen molar-refractivity contribution in [3.05, 3.63) is 59.7 Å². The first-order chi connectivity index (χ1) is 13.6. The van der Waals surface area contributed by atoms with Crippen molar-refractivity contribution in [2.75, 3.05) is 27.2 Å². The highest BCUT2D eigenvalue weighted by Crippen LogP contribution is 2.30. The zero-order chi connectivity index (χ0) is 21.2. The van der Waals surface area contributed by atoms with Gasteiger partial charge in [0.1, 0.15) is 5.75 Å². The molecule has 1 fully saturated rings. The Hall–Kier alpha value is -2.10. The van der Waals surface area contributed by atoms with Crippen LogP contribution in [0.5, 0.6) is 5.75 Å². The molecule has 1 unspecified atom stereocenters. The summed E-state index contributed by atoms with van der Waals surface area (Å²) in [5.74, 6) is 0.579. The third-order valence-corrected chi connectivity index (χ3v) is 7.11. The molecule has 1 aliphatic rings. The molecule has 5 nitrogen and oxygen atoms in total. The van der Waals surface area contributed by atoms with Gasteiger partial charge in [-0.1, -0.05) is 12.1 Å². The Kier molecular flexibility index (Phi) is 6.21. The molecule has 0 saturated carbocycles. The second kappa shape index (κ2) is 8.33. The van der Waals surface area contributed by atoms with Crippen LogP contribution in [0.1, 0.15) is 17.5 Å². The molecule has 0 aromatic heterocycles. The average molecular weight is 428 g/mol. The number of ether oxygens (including phenoxy) is 1. The lowest BCUT2D eigenvalue weighted by Crippen LogP contribution is -2.38. The number of benzene rings is 2. The Labute approximate surface area is 168 Å². The SMILES string of the molecule is COc1ccc(S(=O)(=O)N(C)C2CCN(Cc3ccc(C(F)(F)F)cc3)C2)cc1. The lowest BCUT2D eigenvalue weighted by molar-refractivity contribution is -0.137. The molecule has 9 heteroatoms. The van der Waals surface area contributed by atoms with Gasteiger partial charge in [0.05, 0.1) is 17.6 Å². The smallest absolute Gasteiger partial charge is 0.416 e. The number of hydrogen-bond acceptors (Lipinski definition) is 4. The van der Waals surface area contributed by atoms with Gasteiger partial charge in [-0.15, -0.1) is 0 Å². The third-order valence-electron chi connectivity index (χ3n) is 5.19. The van der Waals surface area contributed by atoms with Crippen molar-refractivity contribution in [1.29, 1.82) is 0 Å². The Bertz CT molecular complexity index is 929. The fraction of sp³-hybridized carbons (Fsp3) is 0.400. The fourth-order valence-corrected chi connectivity index (χ4v) is 4.80. The molecule has 2 aromatic rings. The van der Waals surface area contributed by atoms with Crippen LogP contribution in [0.25, 0.3) is 0 Å². The van der Waals surface area contributed by atoms with E-state index in [4.69, 9.17) is 4.74 Å². The second-order valence-corrected chi connectivity index (χ2v) is 9.07. The zero-order valence-electron chi connectivity index (χ0n) is 16.2. The van der Waals surface area contributed by atoms with Crippen LogP contribution in [0, 0.1) is 0 Å². The molecule has 1 saturated heterocycles. The van der Waals surface area contributed by atoms with Crippen LogP contribution in [0.4, 0.5) is 13.2 Å². The van der Waals surface area contributed by atoms with Crippen LogP contribution >= 0.6 is 0 Å². The minimum Gasteiger partial charge on any atom is -0.497 e. The van der Waals surface area contributed by atoms with E-state index in [-0.39, 0.29) is 10.9 Å². The van der Waals surface area contributed by atoms with E-state index in [1.54, 1.807) is 19.2 Å². The molecule has 0 radical (unpaired) electrons. The van der Waals surface area contributed by atoms with E-state index in [1.807, 2.05) is 4.90 Å². The summed E-state index contributed by atoms with van der Waals surface area (Å²) in [4.78, 5) is 2.25. The summed E-state index contributed by atoms with van der Waals surface area (Å²) in [5, 5.41) is 0. The molecule has 1 heterocycles. The van der Waals surface area contributed by atoms with E-state index in [1.165, 1.54) is 35.7 Å². The van der Waals surface area contributed by atoms with Crippen molar-refractivity contribution in [2.45, 2.75) is 30.1 Å². The van der Waals surface area contributed by atoms with Gasteiger partial charge in [-0.2, -0.15) is 17.5 Å². The standard InChI is InChI=1S/C20H23F3N2O3S/c1-24(29(26,27)19-9-7-18(28-2)8-10-19)17-11-12-25(14-17)13-15-3-5-16(6-4-15)20(21,22)23/h3-10,17H,11-14H2,1-2H3. The molecule has 0 spiro atoms. The molecule has 2 aromatic carbocycles. The van der Waals surface area contributed by atoms with Gasteiger partial charge in [0.25, 0.3) is 0 Å². The summed E-state index contributed by atoms with van der Waals surface area (Å²) in [6.45, 7) is 1.67. The summed E-state index contributed by atoms with van der Waals surface area (Å²) < 4.78 is 70.2. The first kappa shape index (κ1) is 21.6. The molecule has 3 rings (SSSR count). The van der Waals surface area contributed by atoms with E-state index in [0.717, 1.165) is 17.7 Å². The minimum absolute atomic E-state index is 0.196. The average Bonchev–Trinajstić information content (AvgIpc) is 3.15. The van der Waals surface area contributed by atoms with Crippen molar-refractivity contribution in [3.63, 3.8) is 0 Å². The Balaban J connectivity index is 1.63. The molecular weight excluding hydrogens is 405 g/mol. The first-order valence-electron chi connectivity index (χ1n) is 9.12. The van der Waals surface area contributed by atoms with E-state index in [2.05, 4.69) is 0 Å². The molecule has 29 heavy (non-hydrogen) atoms. The van der Waals surface area contributed by atoms with E-state index >= 15 is 0 Å². The molecule has 1 aliphatic heterocycles. The summed E-state index contributed by atoms with van der Waals surface area (Å²) in [6, 6.07) is 11.1. The van der Waals surface area contributed by atoms with Crippen LogP contribution in [-0.2, 0) is 22.7 Å². The van der Waals surface area contributed by atoms with Gasteiger partial charge < -0.3 is 4.74 Å². The molecule has 0 bridgehead atoms. The van der Waals surface area contributed by atoms with E-state index < -0.39 is 21.8 Å². The number of methoxy groups -OCH3 is 1. The highest BCUT2D eigenvalue weighted by Gasteiger charge is 2.33. The highest BCUT2D eigenvalue weighted by molar-refractivity contribution is 7.89. The number of sulfonamides is 1. The maximum atomic E-state index is 12.9. The number of likely N-dealkylation sites (tertiary alicyclic amines) is 1. The van der Waals surface area contributed by atoms with Crippen molar-refractivity contribution in [1.82, 2.24) is 9.21 Å². The number of hydrogen-bond donors (Lipinski definition) is 0. The summed E-state index contributed by atoms with van der Waals surface area (Å²) in [6.07, 6.45) is -3.69.